The van der Waals surface area contributed by atoms with E-state index in [2.05, 4.69) is 4.72 Å². The lowest BCUT2D eigenvalue weighted by atomic mass is 10.2. The topological polar surface area (TPSA) is 95.5 Å². The minimum Gasteiger partial charge on any atom is -0.288 e. The molecule has 2 aromatic rings. The average molecular weight is 306 g/mol. The molecule has 0 spiro atoms. The van der Waals surface area contributed by atoms with Gasteiger partial charge in [-0.3, -0.25) is 14.7 Å². The van der Waals surface area contributed by atoms with Crippen molar-refractivity contribution < 1.29 is 18.4 Å². The van der Waals surface area contributed by atoms with E-state index in [0.717, 1.165) is 0 Å². The van der Waals surface area contributed by atoms with Crippen LogP contribution in [0.15, 0.2) is 54.6 Å². The third kappa shape index (κ3) is 4.30. The zero-order valence-corrected chi connectivity index (χ0v) is 11.8. The van der Waals surface area contributed by atoms with Gasteiger partial charge in [0.1, 0.15) is 0 Å². The second kappa shape index (κ2) is 6.38. The van der Waals surface area contributed by atoms with Gasteiger partial charge in [-0.2, -0.15) is 0 Å². The zero-order chi connectivity index (χ0) is 15.3. The van der Waals surface area contributed by atoms with Crippen molar-refractivity contribution in [3.63, 3.8) is 0 Å². The Hall–Kier alpha value is -2.38. The van der Waals surface area contributed by atoms with Crippen molar-refractivity contribution in [3.8, 4) is 0 Å². The van der Waals surface area contributed by atoms with Crippen molar-refractivity contribution in [1.82, 2.24) is 5.48 Å². The number of nitrogens with one attached hydrogen (secondary N) is 2. The number of sulfonamides is 1. The Morgan fingerprint density at radius 2 is 1.62 bits per heavy atom. The second-order valence-electron chi connectivity index (χ2n) is 4.37. The summed E-state index contributed by atoms with van der Waals surface area (Å²) in [6.07, 6.45) is 0. The van der Waals surface area contributed by atoms with Crippen LogP contribution in [-0.4, -0.2) is 19.5 Å². The van der Waals surface area contributed by atoms with Gasteiger partial charge in [-0.05, 0) is 29.8 Å². The van der Waals surface area contributed by atoms with Gasteiger partial charge in [0.15, 0.2) is 0 Å². The van der Waals surface area contributed by atoms with E-state index in [1.807, 2.05) is 6.07 Å². The Bertz CT molecular complexity index is 712. The lowest BCUT2D eigenvalue weighted by Gasteiger charge is -2.08. The first-order valence-electron chi connectivity index (χ1n) is 6.09. The fourth-order valence-corrected chi connectivity index (χ4v) is 2.96. The molecule has 0 fully saturated rings. The Morgan fingerprint density at radius 1 is 1.00 bits per heavy atom. The first-order chi connectivity index (χ1) is 10.00. The number of anilines is 1. The largest absolute Gasteiger partial charge is 0.288 e. The fourth-order valence-electron chi connectivity index (χ4n) is 1.76. The molecular weight excluding hydrogens is 292 g/mol. The minimum absolute atomic E-state index is 0.132. The zero-order valence-electron chi connectivity index (χ0n) is 11.0. The van der Waals surface area contributed by atoms with Gasteiger partial charge in [-0.1, -0.05) is 30.3 Å². The Morgan fingerprint density at radius 3 is 2.19 bits per heavy atom. The maximum Gasteiger partial charge on any atom is 0.274 e. The van der Waals surface area contributed by atoms with Crippen LogP contribution in [0.2, 0.25) is 0 Å². The third-order valence-corrected chi connectivity index (χ3v) is 3.98. The van der Waals surface area contributed by atoms with Crippen LogP contribution in [0, 0.1) is 0 Å². The van der Waals surface area contributed by atoms with Gasteiger partial charge in [0.2, 0.25) is 10.0 Å². The highest BCUT2D eigenvalue weighted by molar-refractivity contribution is 7.91. The van der Waals surface area contributed by atoms with Crippen molar-refractivity contribution >= 4 is 21.6 Å². The number of rotatable bonds is 5. The molecule has 0 saturated heterocycles. The molecule has 0 aliphatic heterocycles. The number of carbonyl (C=O) groups excluding carboxylic acids is 1. The van der Waals surface area contributed by atoms with Gasteiger partial charge >= 0.3 is 0 Å². The number of hydroxylamine groups is 1. The van der Waals surface area contributed by atoms with Crippen LogP contribution in [0.25, 0.3) is 0 Å². The summed E-state index contributed by atoms with van der Waals surface area (Å²) < 4.78 is 26.5. The van der Waals surface area contributed by atoms with E-state index < -0.39 is 15.9 Å². The molecule has 2 rings (SSSR count). The molecule has 0 heterocycles. The summed E-state index contributed by atoms with van der Waals surface area (Å²) in [5.74, 6) is -0.791. The van der Waals surface area contributed by atoms with Crippen LogP contribution < -0.4 is 10.2 Å². The molecule has 0 aliphatic carbocycles. The summed E-state index contributed by atoms with van der Waals surface area (Å²) in [6, 6.07) is 14.5. The van der Waals surface area contributed by atoms with Gasteiger partial charge in [0.05, 0.1) is 5.75 Å². The summed E-state index contributed by atoms with van der Waals surface area (Å²) in [7, 11) is -3.53. The van der Waals surface area contributed by atoms with Crippen LogP contribution in [0.5, 0.6) is 0 Å². The Kier molecular flexibility index (Phi) is 4.56. The second-order valence-corrected chi connectivity index (χ2v) is 6.09. The third-order valence-electron chi connectivity index (χ3n) is 2.72. The number of amides is 1. The molecule has 0 aliphatic rings. The summed E-state index contributed by atoms with van der Waals surface area (Å²) in [6.45, 7) is 0. The molecule has 21 heavy (non-hydrogen) atoms. The van der Waals surface area contributed by atoms with Crippen LogP contribution in [0.4, 0.5) is 5.69 Å². The van der Waals surface area contributed by atoms with E-state index >= 15 is 0 Å². The molecule has 3 N–H and O–H groups in total. The van der Waals surface area contributed by atoms with E-state index in [9.17, 15) is 13.2 Å². The molecular formula is C14H14N2O4S. The van der Waals surface area contributed by atoms with E-state index in [4.69, 9.17) is 5.21 Å². The van der Waals surface area contributed by atoms with Gasteiger partial charge < -0.3 is 0 Å². The van der Waals surface area contributed by atoms with E-state index in [-0.39, 0.29) is 11.3 Å². The Balaban J connectivity index is 2.08. The first-order valence-corrected chi connectivity index (χ1v) is 7.74. The van der Waals surface area contributed by atoms with Crippen molar-refractivity contribution in [2.75, 3.05) is 4.72 Å². The number of hydrogen-bond donors (Lipinski definition) is 3. The quantitative estimate of drug-likeness (QED) is 0.579. The normalized spacial score (nSPS) is 10.9. The number of benzene rings is 2. The SMILES string of the molecule is O=C(NO)c1ccc(NS(=O)(=O)Cc2ccccc2)cc1. The smallest absolute Gasteiger partial charge is 0.274 e. The molecule has 2 aromatic carbocycles. The molecule has 110 valence electrons. The van der Waals surface area contributed by atoms with Crippen molar-refractivity contribution in [2.24, 2.45) is 0 Å². The lowest BCUT2D eigenvalue weighted by Crippen LogP contribution is -2.19. The molecule has 6 nitrogen and oxygen atoms in total. The van der Waals surface area contributed by atoms with Crippen LogP contribution >= 0.6 is 0 Å². The van der Waals surface area contributed by atoms with Gasteiger partial charge in [-0.15, -0.1) is 0 Å². The van der Waals surface area contributed by atoms with E-state index in [0.29, 0.717) is 11.3 Å². The van der Waals surface area contributed by atoms with Gasteiger partial charge in [-0.25, -0.2) is 13.9 Å². The number of hydrogen-bond acceptors (Lipinski definition) is 4. The van der Waals surface area contributed by atoms with Crippen LogP contribution in [-0.2, 0) is 15.8 Å². The molecule has 0 aromatic heterocycles. The maximum atomic E-state index is 12.0. The summed E-state index contributed by atoms with van der Waals surface area (Å²) in [5, 5.41) is 8.50. The van der Waals surface area contributed by atoms with E-state index in [1.54, 1.807) is 24.3 Å². The first kappa shape index (κ1) is 15.0. The highest BCUT2D eigenvalue weighted by Gasteiger charge is 2.12. The molecule has 0 saturated carbocycles. The van der Waals surface area contributed by atoms with Crippen molar-refractivity contribution in [2.45, 2.75) is 5.75 Å². The molecule has 1 amide bonds. The molecule has 0 bridgehead atoms. The summed E-state index contributed by atoms with van der Waals surface area (Å²) in [4.78, 5) is 11.2. The fraction of sp³-hybridized carbons (Fsp3) is 0.0714. The van der Waals surface area contributed by atoms with Crippen molar-refractivity contribution in [1.29, 1.82) is 0 Å². The Labute approximate surface area is 122 Å². The highest BCUT2D eigenvalue weighted by Crippen LogP contribution is 2.14. The summed E-state index contributed by atoms with van der Waals surface area (Å²) in [5.41, 5.74) is 2.76. The number of carbonyl (C=O) groups is 1. The lowest BCUT2D eigenvalue weighted by molar-refractivity contribution is 0.0706. The minimum atomic E-state index is -3.53. The molecule has 0 unspecified atom stereocenters. The molecule has 7 heteroatoms. The monoisotopic (exact) mass is 306 g/mol. The predicted octanol–water partition coefficient (Wildman–Crippen LogP) is 1.75. The van der Waals surface area contributed by atoms with Crippen molar-refractivity contribution in [3.05, 3.63) is 65.7 Å². The standard InChI is InChI=1S/C14H14N2O4S/c17-14(15-18)12-6-8-13(9-7-12)16-21(19,20)10-11-4-2-1-3-5-11/h1-9,16,18H,10H2,(H,15,17). The predicted molar refractivity (Wildman–Crippen MR) is 78.4 cm³/mol. The average Bonchev–Trinajstić information content (AvgIpc) is 2.47. The maximum absolute atomic E-state index is 12.0. The van der Waals surface area contributed by atoms with Crippen LogP contribution in [0.3, 0.4) is 0 Å². The molecule has 0 radical (unpaired) electrons. The molecule has 0 atom stereocenters. The van der Waals surface area contributed by atoms with Crippen LogP contribution in [0.1, 0.15) is 15.9 Å². The van der Waals surface area contributed by atoms with E-state index in [1.165, 1.54) is 29.7 Å². The van der Waals surface area contributed by atoms with Gasteiger partial charge in [0, 0.05) is 11.3 Å². The highest BCUT2D eigenvalue weighted by atomic mass is 32.2. The van der Waals surface area contributed by atoms with Gasteiger partial charge in [0.25, 0.3) is 5.91 Å². The summed E-state index contributed by atoms with van der Waals surface area (Å²) >= 11 is 0.